The molecule has 0 aliphatic carbocycles. The average Bonchev–Trinajstić information content (AvgIpc) is 2.92. The number of halogens is 6. The second-order valence-electron chi connectivity index (χ2n) is 6.82. The van der Waals surface area contributed by atoms with E-state index in [1.54, 1.807) is 6.92 Å². The lowest BCUT2D eigenvalue weighted by Gasteiger charge is -2.31. The number of nitrogens with zero attached hydrogens (tertiary/aromatic N) is 1. The molecule has 0 spiro atoms. The summed E-state index contributed by atoms with van der Waals surface area (Å²) in [6, 6.07) is 2.78. The lowest BCUT2D eigenvalue weighted by atomic mass is 10.0. The Balaban J connectivity index is 2.11. The summed E-state index contributed by atoms with van der Waals surface area (Å²) in [7, 11) is 0. The Kier molecular flexibility index (Phi) is 4.65. The van der Waals surface area contributed by atoms with Crippen molar-refractivity contribution in [2.24, 2.45) is 5.92 Å². The lowest BCUT2D eigenvalue weighted by molar-refractivity contribution is -0.209. The first-order valence-electron chi connectivity index (χ1n) is 8.13. The number of nitrogens with one attached hydrogen (secondary N) is 1. The van der Waals surface area contributed by atoms with E-state index in [1.165, 1.54) is 17.0 Å². The number of aliphatic hydroxyl groups excluding tert-OH is 1. The monoisotopic (exact) mass is 394 g/mol. The van der Waals surface area contributed by atoms with Gasteiger partial charge < -0.3 is 15.0 Å². The number of H-pyrrole nitrogens is 1. The highest BCUT2D eigenvalue weighted by Gasteiger charge is 2.48. The van der Waals surface area contributed by atoms with Gasteiger partial charge in [-0.1, -0.05) is 6.92 Å². The van der Waals surface area contributed by atoms with Crippen LogP contribution in [0.3, 0.4) is 0 Å². The molecule has 3 rings (SSSR count). The van der Waals surface area contributed by atoms with E-state index in [9.17, 15) is 36.2 Å². The van der Waals surface area contributed by atoms with E-state index in [4.69, 9.17) is 0 Å². The molecule has 2 heterocycles. The van der Waals surface area contributed by atoms with Crippen molar-refractivity contribution in [3.05, 3.63) is 40.2 Å². The van der Waals surface area contributed by atoms with Gasteiger partial charge in [0.05, 0.1) is 11.6 Å². The number of hydrogen-bond acceptors (Lipinski definition) is 3. The van der Waals surface area contributed by atoms with Gasteiger partial charge in [0.15, 0.2) is 6.10 Å². The summed E-state index contributed by atoms with van der Waals surface area (Å²) < 4.78 is 78.7. The summed E-state index contributed by atoms with van der Waals surface area (Å²) >= 11 is 0. The van der Waals surface area contributed by atoms with Crippen LogP contribution >= 0.6 is 0 Å². The van der Waals surface area contributed by atoms with Crippen molar-refractivity contribution >= 4 is 16.6 Å². The van der Waals surface area contributed by atoms with E-state index >= 15 is 0 Å². The smallest absolute Gasteiger partial charge is 0.382 e. The molecular weight excluding hydrogens is 378 g/mol. The Labute approximate surface area is 149 Å². The van der Waals surface area contributed by atoms with Crippen LogP contribution < -0.4 is 10.5 Å². The minimum atomic E-state index is -4.84. The maximum absolute atomic E-state index is 13.3. The van der Waals surface area contributed by atoms with Crippen molar-refractivity contribution < 1.29 is 31.4 Å². The van der Waals surface area contributed by atoms with E-state index in [-0.39, 0.29) is 35.5 Å². The summed E-state index contributed by atoms with van der Waals surface area (Å²) in [6.45, 7) is 1.86. The molecule has 2 aromatic rings. The van der Waals surface area contributed by atoms with E-state index in [0.29, 0.717) is 6.07 Å². The van der Waals surface area contributed by atoms with Crippen molar-refractivity contribution in [3.63, 3.8) is 0 Å². The average molecular weight is 394 g/mol. The molecule has 4 nitrogen and oxygen atoms in total. The molecule has 1 aromatic carbocycles. The molecule has 148 valence electrons. The summed E-state index contributed by atoms with van der Waals surface area (Å²) in [6.07, 6.45) is -12.2. The predicted octanol–water partition coefficient (Wildman–Crippen LogP) is 3.68. The fraction of sp³-hybridized carbons (Fsp3) is 0.471. The van der Waals surface area contributed by atoms with Crippen molar-refractivity contribution in [2.75, 3.05) is 11.4 Å². The first-order valence-corrected chi connectivity index (χ1v) is 8.13. The molecule has 1 aliphatic heterocycles. The Hall–Kier alpha value is -2.23. The zero-order chi connectivity index (χ0) is 20.1. The minimum absolute atomic E-state index is 0.0520. The Bertz CT molecular complexity index is 905. The predicted molar refractivity (Wildman–Crippen MR) is 86.5 cm³/mol. The molecule has 0 bridgehead atoms. The van der Waals surface area contributed by atoms with Crippen molar-refractivity contribution in [2.45, 2.75) is 37.8 Å². The van der Waals surface area contributed by atoms with Gasteiger partial charge >= 0.3 is 12.4 Å². The normalized spacial score (nSPS) is 22.4. The van der Waals surface area contributed by atoms with Gasteiger partial charge in [0.1, 0.15) is 0 Å². The van der Waals surface area contributed by atoms with E-state index in [0.717, 1.165) is 6.07 Å². The lowest BCUT2D eigenvalue weighted by Crippen LogP contribution is -2.47. The number of rotatable bonds is 2. The van der Waals surface area contributed by atoms with Gasteiger partial charge in [-0.3, -0.25) is 4.79 Å². The molecule has 0 amide bonds. The molecule has 3 atom stereocenters. The third kappa shape index (κ3) is 3.76. The minimum Gasteiger partial charge on any atom is -0.382 e. The SMILES string of the molecule is C[C@H]1C[C@H]([C@@H](O)C(F)(F)F)N(c2ccc3[nH]c(=O)cc(C(F)(F)F)c3c2)C1. The van der Waals surface area contributed by atoms with Gasteiger partial charge in [0.2, 0.25) is 5.56 Å². The van der Waals surface area contributed by atoms with Gasteiger partial charge in [-0.25, -0.2) is 0 Å². The molecule has 2 N–H and O–H groups in total. The molecule has 0 radical (unpaired) electrons. The third-order valence-corrected chi connectivity index (χ3v) is 4.72. The van der Waals surface area contributed by atoms with E-state index in [2.05, 4.69) is 4.98 Å². The van der Waals surface area contributed by atoms with Crippen LogP contribution in [0.4, 0.5) is 32.0 Å². The summed E-state index contributed by atoms with van der Waals surface area (Å²) in [5.41, 5.74) is -2.04. The van der Waals surface area contributed by atoms with Crippen molar-refractivity contribution in [1.82, 2.24) is 4.98 Å². The van der Waals surface area contributed by atoms with Gasteiger partial charge in [0, 0.05) is 29.2 Å². The number of aromatic nitrogens is 1. The molecule has 27 heavy (non-hydrogen) atoms. The largest absolute Gasteiger partial charge is 0.417 e. The zero-order valence-corrected chi connectivity index (χ0v) is 14.0. The molecule has 10 heteroatoms. The molecular formula is C17H16F6N2O2. The molecule has 0 unspecified atom stereocenters. The molecule has 1 fully saturated rings. The Morgan fingerprint density at radius 1 is 1.19 bits per heavy atom. The molecule has 0 saturated carbocycles. The first-order chi connectivity index (χ1) is 12.4. The zero-order valence-electron chi connectivity index (χ0n) is 14.0. The van der Waals surface area contributed by atoms with Crippen molar-refractivity contribution in [3.8, 4) is 0 Å². The standard InChI is InChI=1S/C17H16F6N2O2/c1-8-4-13(15(27)17(21,22)23)25(7-8)9-2-3-12-10(5-9)11(16(18,19)20)6-14(26)24-12/h2-3,5-6,8,13,15,27H,4,7H2,1H3,(H,24,26)/t8-,13+,15+/m0/s1. The van der Waals surface area contributed by atoms with Crippen LogP contribution in [-0.4, -0.2) is 35.0 Å². The number of alkyl halides is 6. The second-order valence-corrected chi connectivity index (χ2v) is 6.82. The maximum Gasteiger partial charge on any atom is 0.417 e. The van der Waals surface area contributed by atoms with Gasteiger partial charge in [-0.05, 0) is 30.5 Å². The van der Waals surface area contributed by atoms with Gasteiger partial charge in [-0.15, -0.1) is 0 Å². The number of benzene rings is 1. The van der Waals surface area contributed by atoms with Crippen LogP contribution in [-0.2, 0) is 6.18 Å². The van der Waals surface area contributed by atoms with Crippen LogP contribution in [0, 0.1) is 5.92 Å². The summed E-state index contributed by atoms with van der Waals surface area (Å²) in [5.74, 6) is -0.180. The fourth-order valence-electron chi connectivity index (χ4n) is 3.55. The van der Waals surface area contributed by atoms with Crippen LogP contribution in [0.5, 0.6) is 0 Å². The van der Waals surface area contributed by atoms with Crippen molar-refractivity contribution in [1.29, 1.82) is 0 Å². The number of pyridine rings is 1. The highest BCUT2D eigenvalue weighted by atomic mass is 19.4. The van der Waals surface area contributed by atoms with Gasteiger partial charge in [0.25, 0.3) is 0 Å². The maximum atomic E-state index is 13.3. The van der Waals surface area contributed by atoms with Crippen LogP contribution in [0.1, 0.15) is 18.9 Å². The van der Waals surface area contributed by atoms with Crippen LogP contribution in [0.25, 0.3) is 10.9 Å². The Morgan fingerprint density at radius 3 is 2.44 bits per heavy atom. The summed E-state index contributed by atoms with van der Waals surface area (Å²) in [5, 5.41) is 9.35. The third-order valence-electron chi connectivity index (χ3n) is 4.72. The fourth-order valence-corrected chi connectivity index (χ4v) is 3.55. The van der Waals surface area contributed by atoms with Crippen LogP contribution in [0.15, 0.2) is 29.1 Å². The van der Waals surface area contributed by atoms with Gasteiger partial charge in [-0.2, -0.15) is 26.3 Å². The first kappa shape index (κ1) is 19.5. The Morgan fingerprint density at radius 2 is 1.85 bits per heavy atom. The molecule has 1 aliphatic rings. The number of hydrogen-bond donors (Lipinski definition) is 2. The van der Waals surface area contributed by atoms with E-state index in [1.807, 2.05) is 0 Å². The number of anilines is 1. The van der Waals surface area contributed by atoms with E-state index < -0.39 is 35.6 Å². The molecule has 1 aromatic heterocycles. The summed E-state index contributed by atoms with van der Waals surface area (Å²) in [4.78, 5) is 15.0. The molecule has 1 saturated heterocycles. The quantitative estimate of drug-likeness (QED) is 0.764. The number of aromatic amines is 1. The highest BCUT2D eigenvalue weighted by Crippen LogP contribution is 2.39. The number of fused-ring (bicyclic) bond motifs is 1. The second kappa shape index (κ2) is 6.43. The number of aliphatic hydroxyl groups is 1. The highest BCUT2D eigenvalue weighted by molar-refractivity contribution is 5.86. The van der Waals surface area contributed by atoms with Crippen LogP contribution in [0.2, 0.25) is 0 Å². The topological polar surface area (TPSA) is 56.3 Å².